The lowest BCUT2D eigenvalue weighted by atomic mass is 10.1. The van der Waals surface area contributed by atoms with Crippen molar-refractivity contribution in [1.82, 2.24) is 10.2 Å². The normalized spacial score (nSPS) is 25.8. The molecular weight excluding hydrogens is 200 g/mol. The summed E-state index contributed by atoms with van der Waals surface area (Å²) >= 11 is 0. The summed E-state index contributed by atoms with van der Waals surface area (Å²) in [6.07, 6.45) is 0.493. The van der Waals surface area contributed by atoms with E-state index in [0.29, 0.717) is 13.0 Å². The highest BCUT2D eigenvalue weighted by Crippen LogP contribution is 2.16. The molecule has 6 nitrogen and oxygen atoms in total. The number of hydrogen-bond donors (Lipinski definition) is 3. The highest BCUT2D eigenvalue weighted by atomic mass is 16.5. The Bertz CT molecular complexity index is 212. The molecule has 15 heavy (non-hydrogen) atoms. The van der Waals surface area contributed by atoms with Gasteiger partial charge in [-0.3, -0.25) is 0 Å². The van der Waals surface area contributed by atoms with Crippen molar-refractivity contribution >= 4 is 6.03 Å². The number of carbonyl (C=O) groups excluding carboxylic acids is 1. The lowest BCUT2D eigenvalue weighted by molar-refractivity contribution is 0.126. The van der Waals surface area contributed by atoms with Gasteiger partial charge in [-0.25, -0.2) is 4.79 Å². The molecule has 1 saturated heterocycles. The SMILES string of the molecule is COCC1NC(=O)N(CCO)C1CCO. The Labute approximate surface area is 88.8 Å². The van der Waals surface area contributed by atoms with E-state index in [1.54, 1.807) is 12.0 Å². The number of β-amino-alcohol motifs (C(OH)–C–C–N with tert-alkyl or cyclic N) is 1. The van der Waals surface area contributed by atoms with Crippen molar-refractivity contribution in [3.05, 3.63) is 0 Å². The summed E-state index contributed by atoms with van der Waals surface area (Å²) in [4.78, 5) is 13.0. The zero-order valence-corrected chi connectivity index (χ0v) is 8.85. The van der Waals surface area contributed by atoms with Gasteiger partial charge in [0, 0.05) is 20.3 Å². The molecule has 3 N–H and O–H groups in total. The topological polar surface area (TPSA) is 82.0 Å². The lowest BCUT2D eigenvalue weighted by Crippen LogP contribution is -2.40. The molecule has 1 aliphatic heterocycles. The Balaban J connectivity index is 2.63. The maximum absolute atomic E-state index is 11.5. The van der Waals surface area contributed by atoms with Crippen molar-refractivity contribution in [3.8, 4) is 0 Å². The predicted octanol–water partition coefficient (Wildman–Crippen LogP) is -1.23. The van der Waals surface area contributed by atoms with Crippen molar-refractivity contribution in [1.29, 1.82) is 0 Å². The number of hydrogen-bond acceptors (Lipinski definition) is 4. The Kier molecular flexibility index (Phi) is 4.80. The maximum atomic E-state index is 11.5. The molecule has 2 atom stereocenters. The summed E-state index contributed by atoms with van der Waals surface area (Å²) < 4.78 is 4.99. The van der Waals surface area contributed by atoms with Crippen LogP contribution in [0.2, 0.25) is 0 Å². The van der Waals surface area contributed by atoms with Gasteiger partial charge in [-0.2, -0.15) is 0 Å². The third kappa shape index (κ3) is 2.80. The summed E-state index contributed by atoms with van der Waals surface area (Å²) in [5, 5.41) is 20.5. The van der Waals surface area contributed by atoms with E-state index in [1.807, 2.05) is 0 Å². The quantitative estimate of drug-likeness (QED) is 0.521. The van der Waals surface area contributed by atoms with Crippen LogP contribution in [0.15, 0.2) is 0 Å². The van der Waals surface area contributed by atoms with E-state index in [2.05, 4.69) is 5.32 Å². The zero-order chi connectivity index (χ0) is 11.3. The van der Waals surface area contributed by atoms with Crippen LogP contribution in [0.25, 0.3) is 0 Å². The van der Waals surface area contributed by atoms with Gasteiger partial charge in [0.05, 0.1) is 25.3 Å². The summed E-state index contributed by atoms with van der Waals surface area (Å²) in [5.74, 6) is 0. The van der Waals surface area contributed by atoms with Gasteiger partial charge in [0.2, 0.25) is 0 Å². The van der Waals surface area contributed by atoms with Gasteiger partial charge in [0.1, 0.15) is 0 Å². The number of rotatable bonds is 6. The number of aliphatic hydroxyl groups excluding tert-OH is 2. The first-order chi connectivity index (χ1) is 7.24. The number of ether oxygens (including phenoxy) is 1. The van der Waals surface area contributed by atoms with Crippen LogP contribution in [-0.2, 0) is 4.74 Å². The molecule has 0 aliphatic carbocycles. The fourth-order valence-corrected chi connectivity index (χ4v) is 1.90. The second kappa shape index (κ2) is 5.89. The monoisotopic (exact) mass is 218 g/mol. The highest BCUT2D eigenvalue weighted by molar-refractivity contribution is 5.77. The summed E-state index contributed by atoms with van der Waals surface area (Å²) in [7, 11) is 1.57. The molecule has 0 bridgehead atoms. The first-order valence-electron chi connectivity index (χ1n) is 5.02. The highest BCUT2D eigenvalue weighted by Gasteiger charge is 2.38. The van der Waals surface area contributed by atoms with Crippen LogP contribution in [0.4, 0.5) is 4.79 Å². The second-order valence-electron chi connectivity index (χ2n) is 3.51. The van der Waals surface area contributed by atoms with Crippen molar-refractivity contribution < 1.29 is 19.7 Å². The van der Waals surface area contributed by atoms with Gasteiger partial charge in [0.25, 0.3) is 0 Å². The third-order valence-corrected chi connectivity index (χ3v) is 2.55. The minimum atomic E-state index is -0.204. The van der Waals surface area contributed by atoms with E-state index >= 15 is 0 Å². The Morgan fingerprint density at radius 3 is 2.73 bits per heavy atom. The molecule has 1 rings (SSSR count). The van der Waals surface area contributed by atoms with Gasteiger partial charge in [0.15, 0.2) is 0 Å². The minimum absolute atomic E-state index is 0.0156. The summed E-state index contributed by atoms with van der Waals surface area (Å²) in [6, 6.07) is -0.416. The van der Waals surface area contributed by atoms with Crippen LogP contribution in [0.3, 0.4) is 0 Å². The third-order valence-electron chi connectivity index (χ3n) is 2.55. The average molecular weight is 218 g/mol. The number of nitrogens with zero attached hydrogens (tertiary/aromatic N) is 1. The van der Waals surface area contributed by atoms with Gasteiger partial charge in [-0.1, -0.05) is 0 Å². The lowest BCUT2D eigenvalue weighted by Gasteiger charge is -2.24. The first-order valence-corrected chi connectivity index (χ1v) is 5.02. The van der Waals surface area contributed by atoms with Crippen molar-refractivity contribution in [2.24, 2.45) is 0 Å². The largest absolute Gasteiger partial charge is 0.396 e. The van der Waals surface area contributed by atoms with Gasteiger partial charge < -0.3 is 25.2 Å². The maximum Gasteiger partial charge on any atom is 0.318 e. The van der Waals surface area contributed by atoms with Crippen LogP contribution in [0.5, 0.6) is 0 Å². The van der Waals surface area contributed by atoms with Gasteiger partial charge in [-0.05, 0) is 6.42 Å². The fourth-order valence-electron chi connectivity index (χ4n) is 1.90. The number of methoxy groups -OCH3 is 1. The molecule has 0 radical (unpaired) electrons. The average Bonchev–Trinajstić information content (AvgIpc) is 2.48. The van der Waals surface area contributed by atoms with Crippen LogP contribution in [0, 0.1) is 0 Å². The second-order valence-corrected chi connectivity index (χ2v) is 3.51. The molecule has 2 amide bonds. The minimum Gasteiger partial charge on any atom is -0.396 e. The molecule has 1 fully saturated rings. The van der Waals surface area contributed by atoms with E-state index in [-0.39, 0.29) is 37.9 Å². The molecule has 1 heterocycles. The van der Waals surface area contributed by atoms with Crippen molar-refractivity contribution in [3.63, 3.8) is 0 Å². The standard InChI is InChI=1S/C9H18N2O4/c1-15-6-7-8(2-4-12)11(3-5-13)9(14)10-7/h7-8,12-13H,2-6H2,1H3,(H,10,14). The van der Waals surface area contributed by atoms with Crippen molar-refractivity contribution in [2.75, 3.05) is 33.5 Å². The van der Waals surface area contributed by atoms with Gasteiger partial charge >= 0.3 is 6.03 Å². The van der Waals surface area contributed by atoms with E-state index in [1.165, 1.54) is 0 Å². The fraction of sp³-hybridized carbons (Fsp3) is 0.889. The van der Waals surface area contributed by atoms with Crippen LogP contribution >= 0.6 is 0 Å². The van der Waals surface area contributed by atoms with E-state index in [4.69, 9.17) is 14.9 Å². The van der Waals surface area contributed by atoms with E-state index in [9.17, 15) is 4.79 Å². The van der Waals surface area contributed by atoms with Gasteiger partial charge in [-0.15, -0.1) is 0 Å². The van der Waals surface area contributed by atoms with Crippen LogP contribution < -0.4 is 5.32 Å². The van der Waals surface area contributed by atoms with Crippen LogP contribution in [-0.4, -0.2) is 66.7 Å². The molecule has 0 spiro atoms. The number of amides is 2. The number of carbonyl (C=O) groups is 1. The Hall–Kier alpha value is -0.850. The summed E-state index contributed by atoms with van der Waals surface area (Å²) in [6.45, 7) is 0.645. The molecule has 88 valence electrons. The molecule has 0 aromatic heterocycles. The number of urea groups is 1. The predicted molar refractivity (Wildman–Crippen MR) is 53.5 cm³/mol. The van der Waals surface area contributed by atoms with E-state index < -0.39 is 0 Å². The van der Waals surface area contributed by atoms with Crippen molar-refractivity contribution in [2.45, 2.75) is 18.5 Å². The molecule has 1 aliphatic rings. The van der Waals surface area contributed by atoms with E-state index in [0.717, 1.165) is 0 Å². The molecule has 0 saturated carbocycles. The molecule has 2 unspecified atom stereocenters. The van der Waals surface area contributed by atoms with Crippen LogP contribution in [0.1, 0.15) is 6.42 Å². The Morgan fingerprint density at radius 1 is 1.47 bits per heavy atom. The molecular formula is C9H18N2O4. The smallest absolute Gasteiger partial charge is 0.318 e. The number of aliphatic hydroxyl groups is 2. The molecule has 6 heteroatoms. The first kappa shape index (κ1) is 12.2. The number of nitrogens with one attached hydrogen (secondary N) is 1. The molecule has 0 aromatic rings. The summed E-state index contributed by atoms with van der Waals surface area (Å²) in [5.41, 5.74) is 0. The zero-order valence-electron chi connectivity index (χ0n) is 8.85. The molecule has 0 aromatic carbocycles. The Morgan fingerprint density at radius 2 is 2.20 bits per heavy atom.